The van der Waals surface area contributed by atoms with Crippen molar-refractivity contribution in [2.24, 2.45) is 0 Å². The Bertz CT molecular complexity index is 715. The first-order valence-electron chi connectivity index (χ1n) is 9.45. The van der Waals surface area contributed by atoms with E-state index in [9.17, 15) is 5.11 Å². The van der Waals surface area contributed by atoms with Crippen LogP contribution in [0.5, 0.6) is 0 Å². The van der Waals surface area contributed by atoms with Crippen molar-refractivity contribution in [1.29, 1.82) is 0 Å². The van der Waals surface area contributed by atoms with Gasteiger partial charge in [0.1, 0.15) is 0 Å². The van der Waals surface area contributed by atoms with Crippen LogP contribution in [0, 0.1) is 0 Å². The molecule has 2 aliphatic rings. The molecule has 2 aliphatic heterocycles. The molecule has 2 fully saturated rings. The third-order valence-corrected chi connectivity index (χ3v) is 5.72. The van der Waals surface area contributed by atoms with Crippen LogP contribution < -0.4 is 0 Å². The van der Waals surface area contributed by atoms with E-state index < -0.39 is 11.4 Å². The number of piperidine rings is 1. The van der Waals surface area contributed by atoms with Crippen molar-refractivity contribution < 1.29 is 14.6 Å². The lowest BCUT2D eigenvalue weighted by molar-refractivity contribution is -0.149. The first kappa shape index (κ1) is 17.7. The second-order valence-electron chi connectivity index (χ2n) is 7.51. The van der Waals surface area contributed by atoms with Gasteiger partial charge in [-0.3, -0.25) is 4.90 Å². The summed E-state index contributed by atoms with van der Waals surface area (Å²) in [6.45, 7) is 5.95. The zero-order chi connectivity index (χ0) is 18.0. The molecule has 0 aromatic heterocycles. The summed E-state index contributed by atoms with van der Waals surface area (Å²) in [5.41, 5.74) is 2.57. The molecule has 2 aromatic carbocycles. The van der Waals surface area contributed by atoms with Gasteiger partial charge in [-0.05, 0) is 30.9 Å². The lowest BCUT2D eigenvalue weighted by atomic mass is 9.83. The molecular formula is C22H27NO3. The number of aliphatic hydroxyl groups is 1. The summed E-state index contributed by atoms with van der Waals surface area (Å²) in [6.07, 6.45) is 1.51. The van der Waals surface area contributed by atoms with Gasteiger partial charge in [0, 0.05) is 25.2 Å². The summed E-state index contributed by atoms with van der Waals surface area (Å²) >= 11 is 0. The van der Waals surface area contributed by atoms with E-state index in [0.29, 0.717) is 13.2 Å². The quantitative estimate of drug-likeness (QED) is 0.915. The molecule has 0 amide bonds. The average Bonchev–Trinajstić information content (AvgIpc) is 3.13. The molecule has 2 heterocycles. The van der Waals surface area contributed by atoms with E-state index in [1.165, 1.54) is 5.56 Å². The maximum absolute atomic E-state index is 11.2. The Balaban J connectivity index is 1.40. The largest absolute Gasteiger partial charge is 0.385 e. The molecule has 0 radical (unpaired) electrons. The molecule has 0 bridgehead atoms. The van der Waals surface area contributed by atoms with Crippen molar-refractivity contribution >= 4 is 0 Å². The Morgan fingerprint density at radius 1 is 0.885 bits per heavy atom. The summed E-state index contributed by atoms with van der Waals surface area (Å²) in [7, 11) is 0. The SMILES string of the molecule is CC1(c2ccc(C3(O)CCN(Cc4ccccc4)CC3)cc2)OCCO1. The molecule has 0 spiro atoms. The Morgan fingerprint density at radius 2 is 1.46 bits per heavy atom. The van der Waals surface area contributed by atoms with Gasteiger partial charge in [0.2, 0.25) is 0 Å². The molecule has 2 aromatic rings. The zero-order valence-corrected chi connectivity index (χ0v) is 15.4. The minimum atomic E-state index is -0.746. The van der Waals surface area contributed by atoms with Gasteiger partial charge in [-0.1, -0.05) is 54.6 Å². The van der Waals surface area contributed by atoms with Gasteiger partial charge in [-0.2, -0.15) is 0 Å². The van der Waals surface area contributed by atoms with Gasteiger partial charge in [0.05, 0.1) is 18.8 Å². The van der Waals surface area contributed by atoms with Crippen molar-refractivity contribution in [2.45, 2.75) is 37.7 Å². The van der Waals surface area contributed by atoms with Crippen molar-refractivity contribution in [3.63, 3.8) is 0 Å². The van der Waals surface area contributed by atoms with Gasteiger partial charge in [0.25, 0.3) is 0 Å². The van der Waals surface area contributed by atoms with Crippen LogP contribution in [-0.2, 0) is 27.4 Å². The maximum Gasteiger partial charge on any atom is 0.192 e. The highest BCUT2D eigenvalue weighted by Gasteiger charge is 2.36. The highest BCUT2D eigenvalue weighted by molar-refractivity contribution is 5.30. The van der Waals surface area contributed by atoms with Crippen LogP contribution in [-0.4, -0.2) is 36.3 Å². The summed E-state index contributed by atoms with van der Waals surface area (Å²) in [6, 6.07) is 18.6. The molecule has 0 unspecified atom stereocenters. The zero-order valence-electron chi connectivity index (χ0n) is 15.4. The number of ether oxygens (including phenoxy) is 2. The number of likely N-dealkylation sites (tertiary alicyclic amines) is 1. The molecule has 0 saturated carbocycles. The van der Waals surface area contributed by atoms with E-state index >= 15 is 0 Å². The molecule has 0 atom stereocenters. The number of hydrogen-bond acceptors (Lipinski definition) is 4. The Kier molecular flexibility index (Phi) is 4.84. The van der Waals surface area contributed by atoms with Crippen molar-refractivity contribution in [3.05, 3.63) is 71.3 Å². The lowest BCUT2D eigenvalue weighted by Crippen LogP contribution is -2.42. The highest BCUT2D eigenvalue weighted by atomic mass is 16.7. The van der Waals surface area contributed by atoms with Crippen molar-refractivity contribution in [2.75, 3.05) is 26.3 Å². The van der Waals surface area contributed by atoms with Gasteiger partial charge >= 0.3 is 0 Å². The van der Waals surface area contributed by atoms with Gasteiger partial charge in [0.15, 0.2) is 5.79 Å². The van der Waals surface area contributed by atoms with E-state index in [1.807, 2.05) is 37.3 Å². The fourth-order valence-corrected chi connectivity index (χ4v) is 3.98. The van der Waals surface area contributed by atoms with Crippen LogP contribution in [0.25, 0.3) is 0 Å². The topological polar surface area (TPSA) is 41.9 Å². The smallest absolute Gasteiger partial charge is 0.192 e. The monoisotopic (exact) mass is 353 g/mol. The Hall–Kier alpha value is -1.72. The molecule has 1 N–H and O–H groups in total. The molecule has 4 rings (SSSR count). The standard InChI is InChI=1S/C22H27NO3/c1-21(25-15-16-26-21)19-7-9-20(10-8-19)22(24)11-13-23(14-12-22)17-18-5-3-2-4-6-18/h2-10,24H,11-17H2,1H3. The van der Waals surface area contributed by atoms with Crippen molar-refractivity contribution in [3.8, 4) is 0 Å². The van der Waals surface area contributed by atoms with Gasteiger partial charge < -0.3 is 14.6 Å². The first-order chi connectivity index (χ1) is 12.6. The predicted molar refractivity (Wildman–Crippen MR) is 101 cm³/mol. The average molecular weight is 353 g/mol. The minimum Gasteiger partial charge on any atom is -0.385 e. The van der Waals surface area contributed by atoms with E-state index in [4.69, 9.17) is 9.47 Å². The first-order valence-corrected chi connectivity index (χ1v) is 9.45. The number of benzene rings is 2. The van der Waals surface area contributed by atoms with E-state index in [1.54, 1.807) is 0 Å². The summed E-state index contributed by atoms with van der Waals surface area (Å²) in [4.78, 5) is 2.42. The third-order valence-electron chi connectivity index (χ3n) is 5.72. The molecule has 4 nitrogen and oxygen atoms in total. The Morgan fingerprint density at radius 3 is 2.08 bits per heavy atom. The van der Waals surface area contributed by atoms with Crippen LogP contribution in [0.2, 0.25) is 0 Å². The Labute approximate surface area is 155 Å². The van der Waals surface area contributed by atoms with Crippen LogP contribution in [0.4, 0.5) is 0 Å². The molecule has 26 heavy (non-hydrogen) atoms. The lowest BCUT2D eigenvalue weighted by Gasteiger charge is -2.38. The second-order valence-corrected chi connectivity index (χ2v) is 7.51. The normalized spacial score (nSPS) is 22.4. The van der Waals surface area contributed by atoms with Crippen LogP contribution in [0.3, 0.4) is 0 Å². The predicted octanol–water partition coefficient (Wildman–Crippen LogP) is 3.39. The highest BCUT2D eigenvalue weighted by Crippen LogP contribution is 2.36. The number of rotatable bonds is 4. The molecule has 138 valence electrons. The fourth-order valence-electron chi connectivity index (χ4n) is 3.98. The van der Waals surface area contributed by atoms with E-state index in [0.717, 1.165) is 43.6 Å². The minimum absolute atomic E-state index is 0.624. The van der Waals surface area contributed by atoms with Gasteiger partial charge in [-0.25, -0.2) is 0 Å². The molecule has 4 heteroatoms. The van der Waals surface area contributed by atoms with Crippen LogP contribution in [0.1, 0.15) is 36.5 Å². The number of nitrogens with zero attached hydrogens (tertiary/aromatic N) is 1. The summed E-state index contributed by atoms with van der Waals surface area (Å²) in [5, 5.41) is 11.2. The van der Waals surface area contributed by atoms with E-state index in [2.05, 4.69) is 29.2 Å². The molecule has 2 saturated heterocycles. The van der Waals surface area contributed by atoms with Crippen LogP contribution >= 0.6 is 0 Å². The number of hydrogen-bond donors (Lipinski definition) is 1. The molecular weight excluding hydrogens is 326 g/mol. The molecule has 0 aliphatic carbocycles. The van der Waals surface area contributed by atoms with Crippen LogP contribution in [0.15, 0.2) is 54.6 Å². The van der Waals surface area contributed by atoms with Crippen molar-refractivity contribution in [1.82, 2.24) is 4.90 Å². The van der Waals surface area contributed by atoms with E-state index in [-0.39, 0.29) is 0 Å². The summed E-state index contributed by atoms with van der Waals surface area (Å²) in [5.74, 6) is -0.653. The van der Waals surface area contributed by atoms with Gasteiger partial charge in [-0.15, -0.1) is 0 Å². The fraction of sp³-hybridized carbons (Fsp3) is 0.455. The maximum atomic E-state index is 11.2. The third kappa shape index (κ3) is 3.55. The second kappa shape index (κ2) is 7.12. The summed E-state index contributed by atoms with van der Waals surface area (Å²) < 4.78 is 11.4.